The number of carbonyl (C=O) groups excluding carboxylic acids is 1. The van der Waals surface area contributed by atoms with Gasteiger partial charge in [-0.3, -0.25) is 4.79 Å². The molecule has 0 aliphatic carbocycles. The first-order valence-electron chi connectivity index (χ1n) is 12.3. The molecule has 0 atom stereocenters. The average molecular weight is 588 g/mol. The summed E-state index contributed by atoms with van der Waals surface area (Å²) in [5, 5.41) is 12.7. The number of hydrogen-bond acceptors (Lipinski definition) is 3. The Morgan fingerprint density at radius 3 is 2.76 bits per heavy atom. The van der Waals surface area contributed by atoms with Crippen molar-refractivity contribution in [1.29, 1.82) is 5.41 Å². The molecular weight excluding hydrogens is 557 g/mol. The highest BCUT2D eigenvalue weighted by Crippen LogP contribution is 2.34. The Hall–Kier alpha value is -1.83. The van der Waals surface area contributed by atoms with E-state index >= 15 is 0 Å². The first-order chi connectivity index (χ1) is 16.6. The fourth-order valence-electron chi connectivity index (χ4n) is 5.11. The molecule has 2 aromatic carbocycles. The zero-order valence-corrected chi connectivity index (χ0v) is 22.3. The molecule has 3 heterocycles. The van der Waals surface area contributed by atoms with Crippen LogP contribution in [0.3, 0.4) is 0 Å². The molecule has 3 aliphatic heterocycles. The molecule has 0 saturated carbocycles. The number of fused-ring (bicyclic) bond motifs is 1. The van der Waals surface area contributed by atoms with E-state index in [-0.39, 0.29) is 26.6 Å². The molecule has 5 rings (SSSR count). The van der Waals surface area contributed by atoms with Crippen LogP contribution in [0.25, 0.3) is 5.57 Å². The van der Waals surface area contributed by atoms with Gasteiger partial charge in [0, 0.05) is 54.4 Å². The van der Waals surface area contributed by atoms with Crippen molar-refractivity contribution in [2.45, 2.75) is 38.5 Å². The van der Waals surface area contributed by atoms with E-state index in [1.165, 1.54) is 18.2 Å². The van der Waals surface area contributed by atoms with E-state index in [9.17, 15) is 4.79 Å². The van der Waals surface area contributed by atoms with E-state index in [0.717, 1.165) is 74.4 Å². The summed E-state index contributed by atoms with van der Waals surface area (Å²) in [7, 11) is 0. The van der Waals surface area contributed by atoms with Crippen LogP contribution in [0.4, 0.5) is 0 Å². The molecule has 3 aliphatic rings. The second kappa shape index (κ2) is 10.8. The minimum atomic E-state index is -0.345. The Morgan fingerprint density at radius 1 is 1.09 bits per heavy atom. The van der Waals surface area contributed by atoms with E-state index in [4.69, 9.17) is 17.0 Å². The van der Waals surface area contributed by atoms with E-state index in [1.807, 2.05) is 12.1 Å². The molecule has 2 aromatic rings. The standard InChI is InChI=1S/C28H31ClIN3O/c29-24-9-8-21(17-23(24)26-18-27(31)22-6-1-2-7-25(22)30-26)19-5-3-4-15-33(16-12-19)28(34)20-10-13-32-14-11-20/h1-2,5-9,17,20,31-32H,3-4,10-16,18H2/b19-5+,31-27?. The van der Waals surface area contributed by atoms with Gasteiger partial charge in [-0.1, -0.05) is 62.7 Å². The Labute approximate surface area is 217 Å². The van der Waals surface area contributed by atoms with Crippen molar-refractivity contribution < 1.29 is 4.79 Å². The number of nitrogens with zero attached hydrogens (tertiary/aromatic N) is 1. The number of allylic oxidation sites excluding steroid dienone is 1. The van der Waals surface area contributed by atoms with E-state index in [0.29, 0.717) is 18.0 Å². The van der Waals surface area contributed by atoms with Crippen LogP contribution >= 0.6 is 32.3 Å². The van der Waals surface area contributed by atoms with Gasteiger partial charge in [-0.2, -0.15) is 0 Å². The summed E-state index contributed by atoms with van der Waals surface area (Å²) < 4.78 is 2.63. The highest BCUT2D eigenvalue weighted by Gasteiger charge is 2.26. The molecule has 0 bridgehead atoms. The lowest BCUT2D eigenvalue weighted by Gasteiger charge is -2.31. The summed E-state index contributed by atoms with van der Waals surface area (Å²) in [4.78, 5) is 15.3. The molecule has 1 amide bonds. The fraction of sp³-hybridized carbons (Fsp3) is 0.393. The Bertz CT molecular complexity index is 1170. The van der Waals surface area contributed by atoms with E-state index < -0.39 is 0 Å². The fourth-order valence-corrected chi connectivity index (χ4v) is 8.70. The van der Waals surface area contributed by atoms with Crippen molar-refractivity contribution in [2.75, 3.05) is 26.2 Å². The molecule has 0 aromatic heterocycles. The quantitative estimate of drug-likeness (QED) is 0.442. The van der Waals surface area contributed by atoms with Gasteiger partial charge >= 0.3 is 0 Å². The summed E-state index contributed by atoms with van der Waals surface area (Å²) in [6.07, 6.45) is 7.84. The Balaban J connectivity index is 1.37. The number of hydrogen-bond donors (Lipinski definition) is 2. The topological polar surface area (TPSA) is 56.2 Å². The van der Waals surface area contributed by atoms with Gasteiger partial charge in [0.15, 0.2) is 0 Å². The maximum Gasteiger partial charge on any atom is 0.225 e. The van der Waals surface area contributed by atoms with Crippen molar-refractivity contribution in [1.82, 2.24) is 10.2 Å². The third-order valence-corrected chi connectivity index (χ3v) is 10.5. The van der Waals surface area contributed by atoms with Crippen LogP contribution in [0.5, 0.6) is 0 Å². The minimum Gasteiger partial charge on any atom is -0.342 e. The minimum absolute atomic E-state index is 0.181. The molecule has 0 radical (unpaired) electrons. The Kier molecular flexibility index (Phi) is 7.61. The number of nitrogens with one attached hydrogen (secondary N) is 2. The van der Waals surface area contributed by atoms with Gasteiger partial charge in [0.25, 0.3) is 0 Å². The molecule has 4 nitrogen and oxygen atoms in total. The highest BCUT2D eigenvalue weighted by atomic mass is 127. The highest BCUT2D eigenvalue weighted by molar-refractivity contribution is 14.2. The number of benzene rings is 2. The van der Waals surface area contributed by atoms with Crippen molar-refractivity contribution >= 4 is 53.0 Å². The van der Waals surface area contributed by atoms with Crippen LogP contribution in [0.1, 0.15) is 55.2 Å². The van der Waals surface area contributed by atoms with Crippen LogP contribution in [0, 0.1) is 14.9 Å². The lowest BCUT2D eigenvalue weighted by molar-refractivity contribution is -0.136. The number of rotatable bonds is 3. The summed E-state index contributed by atoms with van der Waals surface area (Å²) >= 11 is 6.36. The first kappa shape index (κ1) is 23.9. The van der Waals surface area contributed by atoms with Gasteiger partial charge in [0.2, 0.25) is 5.91 Å². The molecule has 6 heteroatoms. The molecule has 2 N–H and O–H groups in total. The van der Waals surface area contributed by atoms with Crippen LogP contribution in [0.2, 0.25) is 5.02 Å². The van der Waals surface area contributed by atoms with E-state index in [2.05, 4.69) is 46.6 Å². The monoisotopic (exact) mass is 587 g/mol. The van der Waals surface area contributed by atoms with Crippen LogP contribution < -0.4 is 5.32 Å². The molecular formula is C28H31ClIN3O. The van der Waals surface area contributed by atoms with Crippen molar-refractivity contribution in [3.05, 3.63) is 73.8 Å². The van der Waals surface area contributed by atoms with Crippen molar-refractivity contribution in [3.8, 4) is 0 Å². The van der Waals surface area contributed by atoms with Crippen LogP contribution in [-0.4, -0.2) is 46.2 Å². The van der Waals surface area contributed by atoms with E-state index in [1.54, 1.807) is 0 Å². The summed E-state index contributed by atoms with van der Waals surface area (Å²) in [5.41, 5.74) is 5.42. The van der Waals surface area contributed by atoms with Gasteiger partial charge in [-0.15, -0.1) is 0 Å². The molecule has 0 spiro atoms. The van der Waals surface area contributed by atoms with Gasteiger partial charge in [0.05, 0.1) is 0 Å². The van der Waals surface area contributed by atoms with Gasteiger partial charge in [-0.05, 0) is 74.5 Å². The average Bonchev–Trinajstić information content (AvgIpc) is 2.85. The van der Waals surface area contributed by atoms with Gasteiger partial charge in [0.1, 0.15) is 0 Å². The zero-order valence-electron chi connectivity index (χ0n) is 19.4. The SMILES string of the molecule is N=C1CC(c2cc(/C3=C/CCCN(C(=O)C4CCNCC4)CC3)ccc2Cl)=Ic2ccccc21. The van der Waals surface area contributed by atoms with Crippen LogP contribution in [0.15, 0.2) is 48.5 Å². The third kappa shape index (κ3) is 5.21. The number of amides is 1. The molecule has 1 saturated heterocycles. The number of carbonyl (C=O) groups is 1. The zero-order chi connectivity index (χ0) is 23.5. The predicted molar refractivity (Wildman–Crippen MR) is 150 cm³/mol. The lowest BCUT2D eigenvalue weighted by Crippen LogP contribution is -2.42. The summed E-state index contributed by atoms with van der Waals surface area (Å²) in [5.74, 6) is 0.527. The molecule has 178 valence electrons. The molecule has 1 fully saturated rings. The maximum atomic E-state index is 13.1. The number of halogens is 2. The maximum absolute atomic E-state index is 13.1. The predicted octanol–water partition coefficient (Wildman–Crippen LogP) is 5.87. The van der Waals surface area contributed by atoms with Gasteiger partial charge in [-0.25, -0.2) is 0 Å². The largest absolute Gasteiger partial charge is 0.342 e. The summed E-state index contributed by atoms with van der Waals surface area (Å²) in [6.45, 7) is 3.55. The van der Waals surface area contributed by atoms with Crippen LogP contribution in [-0.2, 0) is 4.79 Å². The Morgan fingerprint density at radius 2 is 1.91 bits per heavy atom. The second-order valence-electron chi connectivity index (χ2n) is 9.30. The molecule has 34 heavy (non-hydrogen) atoms. The second-order valence-corrected chi connectivity index (χ2v) is 12.7. The first-order valence-corrected chi connectivity index (χ1v) is 14.8. The molecule has 0 unspecified atom stereocenters. The van der Waals surface area contributed by atoms with Gasteiger partial charge < -0.3 is 15.6 Å². The van der Waals surface area contributed by atoms with Crippen molar-refractivity contribution in [2.24, 2.45) is 5.92 Å². The smallest absolute Gasteiger partial charge is 0.225 e. The normalized spacial score (nSPS) is 21.3. The third-order valence-electron chi connectivity index (χ3n) is 7.05. The van der Waals surface area contributed by atoms with Crippen molar-refractivity contribution in [3.63, 3.8) is 0 Å². The lowest BCUT2D eigenvalue weighted by atomic mass is 9.93. The number of piperidine rings is 1. The summed E-state index contributed by atoms with van der Waals surface area (Å²) in [6, 6.07) is 14.7.